The van der Waals surface area contributed by atoms with E-state index in [0.29, 0.717) is 18.5 Å². The average Bonchev–Trinajstić information content (AvgIpc) is 3.25. The van der Waals surface area contributed by atoms with E-state index in [-0.39, 0.29) is 0 Å². The van der Waals surface area contributed by atoms with Gasteiger partial charge in [0.25, 0.3) is 0 Å². The molecular weight excluding hydrogens is 304 g/mol. The number of hydrogen-bond acceptors (Lipinski definition) is 6. The number of rotatable bonds is 5. The molecule has 3 aromatic heterocycles. The third kappa shape index (κ3) is 2.89. The molecule has 3 heterocycles. The Kier molecular flexibility index (Phi) is 3.98. The second-order valence-electron chi connectivity index (χ2n) is 6.07. The van der Waals surface area contributed by atoms with Crippen LogP contribution in [-0.2, 0) is 13.6 Å². The normalized spacial score (nSPS) is 15.0. The van der Waals surface area contributed by atoms with Crippen molar-refractivity contribution in [2.24, 2.45) is 7.05 Å². The zero-order chi connectivity index (χ0) is 16.4. The van der Waals surface area contributed by atoms with Crippen LogP contribution in [0.4, 0.5) is 5.82 Å². The van der Waals surface area contributed by atoms with E-state index >= 15 is 0 Å². The molecule has 7 heteroatoms. The van der Waals surface area contributed by atoms with Gasteiger partial charge in [-0.2, -0.15) is 5.10 Å². The summed E-state index contributed by atoms with van der Waals surface area (Å²) in [4.78, 5) is 13.0. The van der Waals surface area contributed by atoms with Crippen LogP contribution in [0, 0.1) is 0 Å². The fraction of sp³-hybridized carbons (Fsp3) is 0.412. The molecule has 0 aliphatic heterocycles. The molecule has 124 valence electrons. The number of pyridine rings is 1. The Bertz CT molecular complexity index is 840. The molecule has 1 saturated carbocycles. The molecule has 1 N–H and O–H groups in total. The third-order valence-corrected chi connectivity index (χ3v) is 4.41. The first-order valence-electron chi connectivity index (χ1n) is 8.28. The van der Waals surface area contributed by atoms with Crippen LogP contribution >= 0.6 is 0 Å². The van der Waals surface area contributed by atoms with Crippen LogP contribution in [0.3, 0.4) is 0 Å². The second kappa shape index (κ2) is 6.43. The summed E-state index contributed by atoms with van der Waals surface area (Å²) in [5.74, 6) is 1.48. The Morgan fingerprint density at radius 2 is 2.12 bits per heavy atom. The van der Waals surface area contributed by atoms with Crippen LogP contribution in [0.5, 0.6) is 5.88 Å². The standard InChI is InChI=1S/C17H20N6O/c1-23-16-14(10-22-23)15(20-11-21-16)19-9-12-5-4-8-18-17(12)24-13-6-2-3-7-13/h4-5,8,10-11,13H,2-3,6-7,9H2,1H3,(H,19,20,21). The molecule has 7 nitrogen and oxygen atoms in total. The highest BCUT2D eigenvalue weighted by Gasteiger charge is 2.18. The first-order valence-corrected chi connectivity index (χ1v) is 8.28. The summed E-state index contributed by atoms with van der Waals surface area (Å²) >= 11 is 0. The van der Waals surface area contributed by atoms with Gasteiger partial charge in [0.1, 0.15) is 18.2 Å². The van der Waals surface area contributed by atoms with Crippen molar-refractivity contribution < 1.29 is 4.74 Å². The largest absolute Gasteiger partial charge is 0.474 e. The fourth-order valence-corrected chi connectivity index (χ4v) is 3.11. The van der Waals surface area contributed by atoms with Crippen molar-refractivity contribution in [3.8, 4) is 5.88 Å². The molecule has 0 unspecified atom stereocenters. The van der Waals surface area contributed by atoms with Crippen LogP contribution < -0.4 is 10.1 Å². The first kappa shape index (κ1) is 14.9. The molecule has 0 spiro atoms. The van der Waals surface area contributed by atoms with Gasteiger partial charge in [-0.25, -0.2) is 15.0 Å². The van der Waals surface area contributed by atoms with Crippen molar-refractivity contribution in [3.63, 3.8) is 0 Å². The van der Waals surface area contributed by atoms with E-state index in [4.69, 9.17) is 4.74 Å². The van der Waals surface area contributed by atoms with Gasteiger partial charge in [0.2, 0.25) is 5.88 Å². The van der Waals surface area contributed by atoms with Crippen LogP contribution in [0.25, 0.3) is 11.0 Å². The van der Waals surface area contributed by atoms with E-state index in [2.05, 4.69) is 25.4 Å². The van der Waals surface area contributed by atoms with Gasteiger partial charge in [-0.1, -0.05) is 6.07 Å². The van der Waals surface area contributed by atoms with Crippen LogP contribution in [0.1, 0.15) is 31.2 Å². The van der Waals surface area contributed by atoms with Gasteiger partial charge in [0.05, 0.1) is 11.6 Å². The van der Waals surface area contributed by atoms with E-state index in [1.54, 1.807) is 23.4 Å². The Hall–Kier alpha value is -2.70. The van der Waals surface area contributed by atoms with Crippen molar-refractivity contribution in [2.45, 2.75) is 38.3 Å². The minimum atomic E-state index is 0.294. The maximum Gasteiger partial charge on any atom is 0.218 e. The number of anilines is 1. The van der Waals surface area contributed by atoms with Gasteiger partial charge in [-0.3, -0.25) is 4.68 Å². The summed E-state index contributed by atoms with van der Waals surface area (Å²) in [7, 11) is 1.87. The average molecular weight is 324 g/mol. The number of aryl methyl sites for hydroxylation is 1. The van der Waals surface area contributed by atoms with Crippen LogP contribution in [0.2, 0.25) is 0 Å². The van der Waals surface area contributed by atoms with Crippen molar-refractivity contribution in [3.05, 3.63) is 36.4 Å². The Morgan fingerprint density at radius 3 is 3.00 bits per heavy atom. The molecular formula is C17H20N6O. The summed E-state index contributed by atoms with van der Waals surface area (Å²) in [6.45, 7) is 0.594. The number of ether oxygens (including phenoxy) is 1. The minimum absolute atomic E-state index is 0.294. The number of aromatic nitrogens is 5. The zero-order valence-corrected chi connectivity index (χ0v) is 13.6. The molecule has 3 aromatic rings. The molecule has 0 atom stereocenters. The summed E-state index contributed by atoms with van der Waals surface area (Å²) in [6.07, 6.45) is 10.1. The minimum Gasteiger partial charge on any atom is -0.474 e. The first-order chi connectivity index (χ1) is 11.8. The van der Waals surface area contributed by atoms with Crippen molar-refractivity contribution >= 4 is 16.9 Å². The highest BCUT2D eigenvalue weighted by Crippen LogP contribution is 2.26. The number of nitrogens with one attached hydrogen (secondary N) is 1. The Balaban J connectivity index is 1.53. The molecule has 1 aliphatic rings. The van der Waals surface area contributed by atoms with E-state index in [9.17, 15) is 0 Å². The SMILES string of the molecule is Cn1ncc2c(NCc3cccnc3OC3CCCC3)ncnc21. The summed E-state index contributed by atoms with van der Waals surface area (Å²) in [5.41, 5.74) is 1.83. The van der Waals surface area contributed by atoms with Crippen molar-refractivity contribution in [1.82, 2.24) is 24.7 Å². The topological polar surface area (TPSA) is 77.8 Å². The van der Waals surface area contributed by atoms with E-state index in [1.807, 2.05) is 19.2 Å². The van der Waals surface area contributed by atoms with E-state index < -0.39 is 0 Å². The zero-order valence-electron chi connectivity index (χ0n) is 13.6. The van der Waals surface area contributed by atoms with Gasteiger partial charge in [-0.05, 0) is 31.7 Å². The monoisotopic (exact) mass is 324 g/mol. The highest BCUT2D eigenvalue weighted by molar-refractivity contribution is 5.85. The Labute approximate surface area is 140 Å². The quantitative estimate of drug-likeness (QED) is 0.777. The van der Waals surface area contributed by atoms with Gasteiger partial charge in [0.15, 0.2) is 5.65 Å². The molecule has 1 fully saturated rings. The molecule has 1 aliphatic carbocycles. The lowest BCUT2D eigenvalue weighted by Gasteiger charge is -2.15. The third-order valence-electron chi connectivity index (χ3n) is 4.41. The lowest BCUT2D eigenvalue weighted by atomic mass is 10.2. The fourth-order valence-electron chi connectivity index (χ4n) is 3.11. The van der Waals surface area contributed by atoms with Gasteiger partial charge < -0.3 is 10.1 Å². The van der Waals surface area contributed by atoms with Crippen LogP contribution in [-0.4, -0.2) is 30.8 Å². The predicted molar refractivity (Wildman–Crippen MR) is 90.8 cm³/mol. The van der Waals surface area contributed by atoms with Crippen LogP contribution in [0.15, 0.2) is 30.9 Å². The smallest absolute Gasteiger partial charge is 0.218 e. The Morgan fingerprint density at radius 1 is 1.25 bits per heavy atom. The maximum atomic E-state index is 6.09. The van der Waals surface area contributed by atoms with Crippen molar-refractivity contribution in [1.29, 1.82) is 0 Å². The second-order valence-corrected chi connectivity index (χ2v) is 6.07. The summed E-state index contributed by atoms with van der Waals surface area (Å²) < 4.78 is 7.82. The lowest BCUT2D eigenvalue weighted by Crippen LogP contribution is -2.14. The van der Waals surface area contributed by atoms with E-state index in [1.165, 1.54) is 12.8 Å². The molecule has 0 radical (unpaired) electrons. The van der Waals surface area contributed by atoms with Crippen molar-refractivity contribution in [2.75, 3.05) is 5.32 Å². The summed E-state index contributed by atoms with van der Waals surface area (Å²) in [5, 5.41) is 8.50. The predicted octanol–water partition coefficient (Wildman–Crippen LogP) is 2.69. The number of hydrogen-bond donors (Lipinski definition) is 1. The molecule has 24 heavy (non-hydrogen) atoms. The number of nitrogens with zero attached hydrogens (tertiary/aromatic N) is 5. The van der Waals surface area contributed by atoms with Gasteiger partial charge in [0, 0.05) is 25.4 Å². The lowest BCUT2D eigenvalue weighted by molar-refractivity contribution is 0.199. The molecule has 4 rings (SSSR count). The molecule has 0 saturated heterocycles. The van der Waals surface area contributed by atoms with Gasteiger partial charge >= 0.3 is 0 Å². The molecule has 0 bridgehead atoms. The summed E-state index contributed by atoms with van der Waals surface area (Å²) in [6, 6.07) is 3.96. The highest BCUT2D eigenvalue weighted by atomic mass is 16.5. The van der Waals surface area contributed by atoms with Gasteiger partial charge in [-0.15, -0.1) is 0 Å². The number of fused-ring (bicyclic) bond motifs is 1. The maximum absolute atomic E-state index is 6.09. The molecule has 0 amide bonds. The molecule has 0 aromatic carbocycles. The van der Waals surface area contributed by atoms with E-state index in [0.717, 1.165) is 35.3 Å².